The molecule has 21 heavy (non-hydrogen) atoms. The molecule has 0 bridgehead atoms. The maximum Gasteiger partial charge on any atom is 0.274 e. The number of nitrogens with two attached hydrogens (primary N) is 1. The second-order valence-corrected chi connectivity index (χ2v) is 4.59. The fraction of sp³-hybridized carbons (Fsp3) is 0. The fourth-order valence-electron chi connectivity index (χ4n) is 2.11. The lowest BCUT2D eigenvalue weighted by molar-refractivity contribution is 0.102. The molecule has 0 fully saturated rings. The van der Waals surface area contributed by atoms with E-state index in [0.717, 1.165) is 16.5 Å². The van der Waals surface area contributed by atoms with Crippen LogP contribution in [0.15, 0.2) is 60.8 Å². The molecule has 1 amide bonds. The van der Waals surface area contributed by atoms with Crippen molar-refractivity contribution in [3.05, 3.63) is 66.5 Å². The van der Waals surface area contributed by atoms with Crippen LogP contribution in [0, 0.1) is 0 Å². The van der Waals surface area contributed by atoms with Crippen molar-refractivity contribution in [2.45, 2.75) is 0 Å². The largest absolute Gasteiger partial charge is 0.324 e. The number of amides is 1. The van der Waals surface area contributed by atoms with Gasteiger partial charge >= 0.3 is 0 Å². The number of carbonyl (C=O) groups is 1. The highest BCUT2D eigenvalue weighted by atomic mass is 16.1. The van der Waals surface area contributed by atoms with Crippen LogP contribution in [-0.4, -0.2) is 10.9 Å². The van der Waals surface area contributed by atoms with Crippen molar-refractivity contribution in [1.29, 1.82) is 0 Å². The fourth-order valence-corrected chi connectivity index (χ4v) is 2.11. The van der Waals surface area contributed by atoms with E-state index in [1.165, 1.54) is 6.20 Å². The Kier molecular flexibility index (Phi) is 3.49. The summed E-state index contributed by atoms with van der Waals surface area (Å²) in [6, 6.07) is 17.0. The van der Waals surface area contributed by atoms with Gasteiger partial charge in [0.05, 0.1) is 5.69 Å². The Balaban J connectivity index is 1.85. The summed E-state index contributed by atoms with van der Waals surface area (Å²) in [6.45, 7) is 0. The Morgan fingerprint density at radius 3 is 2.57 bits per heavy atom. The molecular formula is C16H14N4O. The summed E-state index contributed by atoms with van der Waals surface area (Å²) >= 11 is 0. The third kappa shape index (κ3) is 2.82. The van der Waals surface area contributed by atoms with Crippen molar-refractivity contribution in [3.63, 3.8) is 0 Å². The monoisotopic (exact) mass is 278 g/mol. The van der Waals surface area contributed by atoms with Gasteiger partial charge in [-0.1, -0.05) is 30.3 Å². The Morgan fingerprint density at radius 2 is 1.76 bits per heavy atom. The molecule has 4 N–H and O–H groups in total. The quantitative estimate of drug-likeness (QED) is 0.508. The number of pyridine rings is 1. The summed E-state index contributed by atoms with van der Waals surface area (Å²) in [5, 5.41) is 5.03. The number of benzene rings is 2. The van der Waals surface area contributed by atoms with Crippen LogP contribution in [0.25, 0.3) is 10.8 Å². The van der Waals surface area contributed by atoms with Crippen LogP contribution in [0.2, 0.25) is 0 Å². The second-order valence-electron chi connectivity index (χ2n) is 4.59. The number of hydrogen-bond acceptors (Lipinski definition) is 4. The Hall–Kier alpha value is -2.92. The first-order valence-corrected chi connectivity index (χ1v) is 6.49. The van der Waals surface area contributed by atoms with Gasteiger partial charge in [-0.05, 0) is 35.0 Å². The van der Waals surface area contributed by atoms with Gasteiger partial charge in [-0.15, -0.1) is 0 Å². The Morgan fingerprint density at radius 1 is 0.952 bits per heavy atom. The highest BCUT2D eigenvalue weighted by Crippen LogP contribution is 2.19. The minimum Gasteiger partial charge on any atom is -0.324 e. The Bertz CT molecular complexity index is 801. The summed E-state index contributed by atoms with van der Waals surface area (Å²) in [4.78, 5) is 16.2. The summed E-state index contributed by atoms with van der Waals surface area (Å²) in [5.41, 5.74) is 4.16. The average molecular weight is 278 g/mol. The number of carbonyl (C=O) groups excluding carboxylic acids is 1. The van der Waals surface area contributed by atoms with Crippen LogP contribution in [-0.2, 0) is 0 Å². The lowest BCUT2D eigenvalue weighted by Gasteiger charge is -2.07. The van der Waals surface area contributed by atoms with E-state index in [0.29, 0.717) is 11.4 Å². The Labute approximate surface area is 121 Å². The number of anilines is 2. The molecule has 0 saturated heterocycles. The first-order valence-electron chi connectivity index (χ1n) is 6.49. The number of hydrazine groups is 1. The zero-order valence-corrected chi connectivity index (χ0v) is 11.2. The van der Waals surface area contributed by atoms with Crippen LogP contribution in [0.5, 0.6) is 0 Å². The first kappa shape index (κ1) is 13.1. The molecule has 0 radical (unpaired) electrons. The topological polar surface area (TPSA) is 80.0 Å². The van der Waals surface area contributed by atoms with E-state index < -0.39 is 0 Å². The minimum absolute atomic E-state index is 0.276. The number of rotatable bonds is 3. The van der Waals surface area contributed by atoms with Gasteiger partial charge in [0.25, 0.3) is 5.91 Å². The van der Waals surface area contributed by atoms with E-state index >= 15 is 0 Å². The molecule has 0 unspecified atom stereocenters. The van der Waals surface area contributed by atoms with E-state index in [1.807, 2.05) is 42.5 Å². The molecule has 1 heterocycles. The van der Waals surface area contributed by atoms with Gasteiger partial charge < -0.3 is 10.7 Å². The molecule has 2 aromatic carbocycles. The van der Waals surface area contributed by atoms with Crippen molar-refractivity contribution in [2.75, 3.05) is 10.7 Å². The van der Waals surface area contributed by atoms with Gasteiger partial charge in [-0.25, -0.2) is 0 Å². The van der Waals surface area contributed by atoms with Gasteiger partial charge in [-0.2, -0.15) is 0 Å². The number of hydrogen-bond donors (Lipinski definition) is 3. The van der Waals surface area contributed by atoms with Crippen molar-refractivity contribution in [2.24, 2.45) is 5.84 Å². The summed E-state index contributed by atoms with van der Waals surface area (Å²) in [5.74, 6) is 5.05. The molecule has 5 heteroatoms. The zero-order valence-electron chi connectivity index (χ0n) is 11.2. The predicted molar refractivity (Wildman–Crippen MR) is 83.9 cm³/mol. The van der Waals surface area contributed by atoms with E-state index in [2.05, 4.69) is 15.7 Å². The van der Waals surface area contributed by atoms with Crippen LogP contribution in [0.4, 0.5) is 11.4 Å². The maximum absolute atomic E-state index is 12.2. The van der Waals surface area contributed by atoms with E-state index in [-0.39, 0.29) is 5.91 Å². The third-order valence-electron chi connectivity index (χ3n) is 3.17. The van der Waals surface area contributed by atoms with E-state index in [4.69, 9.17) is 5.84 Å². The molecule has 5 nitrogen and oxygen atoms in total. The van der Waals surface area contributed by atoms with Gasteiger partial charge in [0.1, 0.15) is 5.69 Å². The minimum atomic E-state index is -0.276. The molecule has 3 aromatic rings. The van der Waals surface area contributed by atoms with Crippen molar-refractivity contribution in [1.82, 2.24) is 4.98 Å². The molecular weight excluding hydrogens is 264 g/mol. The second kappa shape index (κ2) is 5.60. The summed E-state index contributed by atoms with van der Waals surface area (Å²) in [7, 11) is 0. The van der Waals surface area contributed by atoms with Crippen molar-refractivity contribution >= 4 is 28.1 Å². The third-order valence-corrected chi connectivity index (χ3v) is 3.17. The molecule has 104 valence electrons. The molecule has 0 spiro atoms. The normalized spacial score (nSPS) is 10.3. The van der Waals surface area contributed by atoms with Crippen LogP contribution >= 0.6 is 0 Å². The highest BCUT2D eigenvalue weighted by Gasteiger charge is 2.08. The van der Waals surface area contributed by atoms with Crippen LogP contribution in [0.3, 0.4) is 0 Å². The van der Waals surface area contributed by atoms with Gasteiger partial charge in [0, 0.05) is 11.9 Å². The molecule has 3 rings (SSSR count). The molecule has 0 aliphatic carbocycles. The standard InChI is InChI=1S/C16H14N4O/c17-20-14-7-8-18-15(10-14)16(21)19-13-6-5-11-3-1-2-4-12(11)9-13/h1-10H,17H2,(H,18,20)(H,19,21). The molecule has 0 aliphatic heterocycles. The number of fused-ring (bicyclic) bond motifs is 1. The van der Waals surface area contributed by atoms with E-state index in [1.54, 1.807) is 12.1 Å². The highest BCUT2D eigenvalue weighted by molar-refractivity contribution is 6.04. The lowest BCUT2D eigenvalue weighted by Crippen LogP contribution is -2.15. The number of nitrogens with one attached hydrogen (secondary N) is 2. The number of nitrogens with zero attached hydrogens (tertiary/aromatic N) is 1. The first-order chi connectivity index (χ1) is 10.3. The number of nitrogen functional groups attached to an aromatic ring is 1. The van der Waals surface area contributed by atoms with Crippen molar-refractivity contribution < 1.29 is 4.79 Å². The smallest absolute Gasteiger partial charge is 0.274 e. The predicted octanol–water partition coefficient (Wildman–Crippen LogP) is 2.77. The van der Waals surface area contributed by atoms with Crippen LogP contribution < -0.4 is 16.6 Å². The molecule has 0 aliphatic rings. The number of aromatic nitrogens is 1. The SMILES string of the molecule is NNc1ccnc(C(=O)Nc2ccc3ccccc3c2)c1. The van der Waals surface area contributed by atoms with Crippen LogP contribution in [0.1, 0.15) is 10.5 Å². The maximum atomic E-state index is 12.2. The summed E-state index contributed by atoms with van der Waals surface area (Å²) in [6.07, 6.45) is 1.53. The molecule has 0 atom stereocenters. The van der Waals surface area contributed by atoms with Gasteiger partial charge in [0.15, 0.2) is 0 Å². The molecule has 0 saturated carbocycles. The lowest BCUT2D eigenvalue weighted by atomic mass is 10.1. The van der Waals surface area contributed by atoms with E-state index in [9.17, 15) is 4.79 Å². The zero-order chi connectivity index (χ0) is 14.7. The average Bonchev–Trinajstić information content (AvgIpc) is 2.54. The van der Waals surface area contributed by atoms with Gasteiger partial charge in [0.2, 0.25) is 0 Å². The summed E-state index contributed by atoms with van der Waals surface area (Å²) < 4.78 is 0. The van der Waals surface area contributed by atoms with Gasteiger partial charge in [-0.3, -0.25) is 15.6 Å². The van der Waals surface area contributed by atoms with Crippen molar-refractivity contribution in [3.8, 4) is 0 Å². The molecule has 1 aromatic heterocycles.